The van der Waals surface area contributed by atoms with E-state index >= 15 is 0 Å². The molecule has 0 aliphatic carbocycles. The second-order valence-corrected chi connectivity index (χ2v) is 4.53. The number of esters is 1. The Hall–Kier alpha value is -2.53. The predicted octanol–water partition coefficient (Wildman–Crippen LogP) is 2.40. The summed E-state index contributed by atoms with van der Waals surface area (Å²) in [6.07, 6.45) is 3.09. The number of carbonyl (C=O) groups excluding carboxylic acids is 2. The third-order valence-electron chi connectivity index (χ3n) is 3.13. The molecule has 0 radical (unpaired) electrons. The molecule has 0 aliphatic rings. The van der Waals surface area contributed by atoms with E-state index in [2.05, 4.69) is 9.72 Å². The first-order chi connectivity index (χ1) is 10.7. The average molecular weight is 299 g/mol. The number of fused-ring (bicyclic) bond motifs is 1. The maximum absolute atomic E-state index is 12.1. The van der Waals surface area contributed by atoms with Crippen LogP contribution in [0.15, 0.2) is 42.1 Å². The number of pyridine rings is 1. The molecule has 22 heavy (non-hydrogen) atoms. The second-order valence-electron chi connectivity index (χ2n) is 4.53. The summed E-state index contributed by atoms with van der Waals surface area (Å²) in [6.45, 7) is 2.01. The predicted molar refractivity (Wildman–Crippen MR) is 83.2 cm³/mol. The standard InChI is InChI=1S/C17H17NO4/c1-3-22-11-16(19)14(17(20)21-2)10-15-13-7-5-4-6-12(13)8-9-18-15/h4-10H,3,11H2,1-2H3. The fraction of sp³-hybridized carbons (Fsp3) is 0.235. The van der Waals surface area contributed by atoms with Crippen LogP contribution in [-0.4, -0.2) is 37.1 Å². The Labute approximate surface area is 128 Å². The van der Waals surface area contributed by atoms with Crippen molar-refractivity contribution in [3.8, 4) is 0 Å². The Balaban J connectivity index is 2.47. The molecule has 0 unspecified atom stereocenters. The summed E-state index contributed by atoms with van der Waals surface area (Å²) in [4.78, 5) is 28.2. The van der Waals surface area contributed by atoms with Crippen molar-refractivity contribution in [1.29, 1.82) is 0 Å². The highest BCUT2D eigenvalue weighted by Crippen LogP contribution is 2.19. The van der Waals surface area contributed by atoms with Gasteiger partial charge in [-0.3, -0.25) is 9.78 Å². The van der Waals surface area contributed by atoms with E-state index in [4.69, 9.17) is 4.74 Å². The first-order valence-corrected chi connectivity index (χ1v) is 6.92. The third kappa shape index (κ3) is 3.56. The molecule has 0 amide bonds. The Morgan fingerprint density at radius 3 is 2.73 bits per heavy atom. The van der Waals surface area contributed by atoms with Gasteiger partial charge in [-0.25, -0.2) is 4.79 Å². The number of benzene rings is 1. The second kappa shape index (κ2) is 7.47. The molecule has 0 bridgehead atoms. The topological polar surface area (TPSA) is 65.5 Å². The van der Waals surface area contributed by atoms with Crippen LogP contribution >= 0.6 is 0 Å². The van der Waals surface area contributed by atoms with Gasteiger partial charge < -0.3 is 9.47 Å². The number of aromatic nitrogens is 1. The van der Waals surface area contributed by atoms with Gasteiger partial charge in [-0.1, -0.05) is 24.3 Å². The highest BCUT2D eigenvalue weighted by atomic mass is 16.5. The van der Waals surface area contributed by atoms with Crippen LogP contribution in [0, 0.1) is 0 Å². The normalized spacial score (nSPS) is 11.5. The fourth-order valence-electron chi connectivity index (χ4n) is 2.03. The summed E-state index contributed by atoms with van der Waals surface area (Å²) >= 11 is 0. The molecule has 0 fully saturated rings. The lowest BCUT2D eigenvalue weighted by Gasteiger charge is -2.06. The van der Waals surface area contributed by atoms with Gasteiger partial charge in [0.25, 0.3) is 0 Å². The molecule has 1 aromatic heterocycles. The Morgan fingerprint density at radius 1 is 1.23 bits per heavy atom. The number of rotatable bonds is 6. The summed E-state index contributed by atoms with van der Waals surface area (Å²) in [5.41, 5.74) is 0.475. The van der Waals surface area contributed by atoms with Crippen molar-refractivity contribution in [2.45, 2.75) is 6.92 Å². The van der Waals surface area contributed by atoms with Gasteiger partial charge >= 0.3 is 5.97 Å². The largest absolute Gasteiger partial charge is 0.465 e. The molecular weight excluding hydrogens is 282 g/mol. The van der Waals surface area contributed by atoms with Gasteiger partial charge in [0.1, 0.15) is 12.2 Å². The molecule has 114 valence electrons. The molecule has 1 aromatic carbocycles. The summed E-state index contributed by atoms with van der Waals surface area (Å²) in [5.74, 6) is -1.12. The molecule has 0 N–H and O–H groups in total. The lowest BCUT2D eigenvalue weighted by molar-refractivity contribution is -0.138. The molecule has 0 saturated carbocycles. The highest BCUT2D eigenvalue weighted by Gasteiger charge is 2.19. The SMILES string of the molecule is CCOCC(=O)C(=Cc1nccc2ccccc12)C(=O)OC. The Morgan fingerprint density at radius 2 is 2.00 bits per heavy atom. The van der Waals surface area contributed by atoms with Crippen molar-refractivity contribution < 1.29 is 19.1 Å². The minimum absolute atomic E-state index is 0.0696. The van der Waals surface area contributed by atoms with E-state index in [0.29, 0.717) is 12.3 Å². The molecule has 2 aromatic rings. The van der Waals surface area contributed by atoms with Crippen LogP contribution in [0.25, 0.3) is 16.8 Å². The fourth-order valence-corrected chi connectivity index (χ4v) is 2.03. The first kappa shape index (κ1) is 15.9. The van der Waals surface area contributed by atoms with E-state index in [1.165, 1.54) is 13.2 Å². The molecule has 0 spiro atoms. The van der Waals surface area contributed by atoms with E-state index in [1.807, 2.05) is 30.3 Å². The van der Waals surface area contributed by atoms with Crippen LogP contribution in [0.4, 0.5) is 0 Å². The van der Waals surface area contributed by atoms with Crippen molar-refractivity contribution in [3.63, 3.8) is 0 Å². The molecule has 5 nitrogen and oxygen atoms in total. The van der Waals surface area contributed by atoms with Crippen molar-refractivity contribution in [1.82, 2.24) is 4.98 Å². The highest BCUT2D eigenvalue weighted by molar-refractivity contribution is 6.21. The summed E-state index contributed by atoms with van der Waals surface area (Å²) < 4.78 is 9.76. The number of hydrogen-bond acceptors (Lipinski definition) is 5. The number of hydrogen-bond donors (Lipinski definition) is 0. The smallest absolute Gasteiger partial charge is 0.341 e. The van der Waals surface area contributed by atoms with Crippen LogP contribution in [0.1, 0.15) is 12.6 Å². The first-order valence-electron chi connectivity index (χ1n) is 6.92. The van der Waals surface area contributed by atoms with E-state index in [1.54, 1.807) is 13.1 Å². The van der Waals surface area contributed by atoms with Crippen LogP contribution in [0.3, 0.4) is 0 Å². The number of ketones is 1. The van der Waals surface area contributed by atoms with E-state index in [0.717, 1.165) is 10.8 Å². The monoisotopic (exact) mass is 299 g/mol. The average Bonchev–Trinajstić information content (AvgIpc) is 2.56. The van der Waals surface area contributed by atoms with Crippen molar-refractivity contribution >= 4 is 28.6 Å². The summed E-state index contributed by atoms with van der Waals surface area (Å²) in [7, 11) is 1.24. The summed E-state index contributed by atoms with van der Waals surface area (Å²) in [6, 6.07) is 9.48. The van der Waals surface area contributed by atoms with Gasteiger partial charge in [-0.2, -0.15) is 0 Å². The van der Waals surface area contributed by atoms with Crippen LogP contribution in [0.2, 0.25) is 0 Å². The molecule has 2 rings (SSSR count). The zero-order chi connectivity index (χ0) is 15.9. The van der Waals surface area contributed by atoms with E-state index in [-0.39, 0.29) is 12.2 Å². The zero-order valence-corrected chi connectivity index (χ0v) is 12.5. The van der Waals surface area contributed by atoms with Gasteiger partial charge in [-0.15, -0.1) is 0 Å². The van der Waals surface area contributed by atoms with Crippen LogP contribution in [-0.2, 0) is 19.1 Å². The lowest BCUT2D eigenvalue weighted by Crippen LogP contribution is -2.19. The van der Waals surface area contributed by atoms with Crippen LogP contribution < -0.4 is 0 Å². The van der Waals surface area contributed by atoms with Gasteiger partial charge in [0.2, 0.25) is 0 Å². The molecule has 0 aliphatic heterocycles. The quantitative estimate of drug-likeness (QED) is 0.355. The van der Waals surface area contributed by atoms with Crippen LogP contribution in [0.5, 0.6) is 0 Å². The maximum Gasteiger partial charge on any atom is 0.341 e. The number of nitrogens with zero attached hydrogens (tertiary/aromatic N) is 1. The molecular formula is C17H17NO4. The van der Waals surface area contributed by atoms with Crippen molar-refractivity contribution in [3.05, 3.63) is 47.8 Å². The minimum Gasteiger partial charge on any atom is -0.465 e. The number of carbonyl (C=O) groups is 2. The van der Waals surface area contributed by atoms with Gasteiger partial charge in [0.15, 0.2) is 5.78 Å². The molecule has 5 heteroatoms. The summed E-state index contributed by atoms with van der Waals surface area (Å²) in [5, 5.41) is 1.83. The Kier molecular flexibility index (Phi) is 5.38. The maximum atomic E-state index is 12.1. The lowest BCUT2D eigenvalue weighted by atomic mass is 10.1. The molecule has 0 atom stereocenters. The zero-order valence-electron chi connectivity index (χ0n) is 12.5. The number of ether oxygens (including phenoxy) is 2. The van der Waals surface area contributed by atoms with Crippen molar-refractivity contribution in [2.75, 3.05) is 20.3 Å². The number of methoxy groups -OCH3 is 1. The van der Waals surface area contributed by atoms with Gasteiger partial charge in [0, 0.05) is 18.2 Å². The molecule has 1 heterocycles. The van der Waals surface area contributed by atoms with E-state index in [9.17, 15) is 9.59 Å². The van der Waals surface area contributed by atoms with Gasteiger partial charge in [0.05, 0.1) is 12.8 Å². The molecule has 0 saturated heterocycles. The van der Waals surface area contributed by atoms with Crippen molar-refractivity contribution in [2.24, 2.45) is 0 Å². The van der Waals surface area contributed by atoms with E-state index < -0.39 is 11.8 Å². The van der Waals surface area contributed by atoms with Gasteiger partial charge in [-0.05, 0) is 24.5 Å². The minimum atomic E-state index is -0.695. The number of Topliss-reactive ketones (excluding diaryl/α,β-unsaturated/α-hetero) is 1. The third-order valence-corrected chi connectivity index (χ3v) is 3.13. The Bertz CT molecular complexity index is 716.